The molecule has 2 aromatic rings. The third kappa shape index (κ3) is 4.42. The quantitative estimate of drug-likeness (QED) is 0.368. The van der Waals surface area contributed by atoms with Gasteiger partial charge in [-0.25, -0.2) is 0 Å². The molecule has 2 rings (SSSR count). The average molecular weight is 335 g/mol. The van der Waals surface area contributed by atoms with Crippen molar-refractivity contribution >= 4 is 35.0 Å². The lowest BCUT2D eigenvalue weighted by atomic mass is 10.2. The molecule has 23 heavy (non-hydrogen) atoms. The molecule has 0 spiro atoms. The number of benzene rings is 1. The number of amides is 3. The molecule has 0 aliphatic carbocycles. The molecule has 0 saturated heterocycles. The van der Waals surface area contributed by atoms with Gasteiger partial charge in [0.25, 0.3) is 5.91 Å². The van der Waals surface area contributed by atoms with Crippen molar-refractivity contribution in [2.75, 3.05) is 5.32 Å². The molecule has 8 nitrogen and oxygen atoms in total. The van der Waals surface area contributed by atoms with Crippen LogP contribution < -0.4 is 16.2 Å². The fourth-order valence-corrected chi connectivity index (χ4v) is 1.71. The fourth-order valence-electron chi connectivity index (χ4n) is 1.53. The maximum absolute atomic E-state index is 11.7. The standard InChI is InChI=1S/C14H11ClN4O4/c15-9-1-2-11(20)10(7-9)17-13(22)14(23)19-18-12(21)8-3-5-16-6-4-8/h1-7,20H,(H,17,22)(H,18,21)(H,19,23). The zero-order valence-electron chi connectivity index (χ0n) is 11.5. The Hall–Kier alpha value is -3.13. The maximum Gasteiger partial charge on any atom is 0.328 e. The van der Waals surface area contributed by atoms with E-state index in [0.717, 1.165) is 0 Å². The first-order chi connectivity index (χ1) is 11.0. The van der Waals surface area contributed by atoms with E-state index in [4.69, 9.17) is 11.6 Å². The SMILES string of the molecule is O=C(NNC(=O)c1ccncc1)C(=O)Nc1cc(Cl)ccc1O. The first-order valence-electron chi connectivity index (χ1n) is 6.27. The lowest BCUT2D eigenvalue weighted by Gasteiger charge is -2.09. The third-order valence-corrected chi connectivity index (χ3v) is 2.88. The largest absolute Gasteiger partial charge is 0.506 e. The van der Waals surface area contributed by atoms with Crippen LogP contribution >= 0.6 is 11.6 Å². The van der Waals surface area contributed by atoms with Crippen LogP contribution in [0.4, 0.5) is 5.69 Å². The molecule has 0 bridgehead atoms. The molecule has 0 unspecified atom stereocenters. The van der Waals surface area contributed by atoms with Crippen molar-refractivity contribution in [3.63, 3.8) is 0 Å². The number of aromatic hydroxyl groups is 1. The number of hydrogen-bond acceptors (Lipinski definition) is 5. The number of phenolic OH excluding ortho intramolecular Hbond substituents is 1. The van der Waals surface area contributed by atoms with Crippen LogP contribution in [0.15, 0.2) is 42.7 Å². The summed E-state index contributed by atoms with van der Waals surface area (Å²) in [5.41, 5.74) is 4.25. The van der Waals surface area contributed by atoms with Gasteiger partial charge in [-0.2, -0.15) is 0 Å². The van der Waals surface area contributed by atoms with Gasteiger partial charge in [-0.05, 0) is 30.3 Å². The number of nitrogens with zero attached hydrogens (tertiary/aromatic N) is 1. The highest BCUT2D eigenvalue weighted by Gasteiger charge is 2.16. The zero-order chi connectivity index (χ0) is 16.8. The second-order valence-corrected chi connectivity index (χ2v) is 4.70. The molecule has 4 N–H and O–H groups in total. The van der Waals surface area contributed by atoms with Crippen LogP contribution in [-0.2, 0) is 9.59 Å². The second-order valence-electron chi connectivity index (χ2n) is 4.26. The van der Waals surface area contributed by atoms with Crippen LogP contribution in [-0.4, -0.2) is 27.8 Å². The molecule has 3 amide bonds. The highest BCUT2D eigenvalue weighted by atomic mass is 35.5. The molecule has 0 aliphatic heterocycles. The van der Waals surface area contributed by atoms with E-state index in [1.54, 1.807) is 0 Å². The third-order valence-electron chi connectivity index (χ3n) is 2.65. The smallest absolute Gasteiger partial charge is 0.328 e. The lowest BCUT2D eigenvalue weighted by molar-refractivity contribution is -0.136. The minimum Gasteiger partial charge on any atom is -0.506 e. The van der Waals surface area contributed by atoms with Gasteiger partial charge in [-0.1, -0.05) is 11.6 Å². The molecule has 0 radical (unpaired) electrons. The van der Waals surface area contributed by atoms with Gasteiger partial charge in [0.1, 0.15) is 5.75 Å². The average Bonchev–Trinajstić information content (AvgIpc) is 2.56. The molecule has 1 aromatic heterocycles. The van der Waals surface area contributed by atoms with E-state index in [1.165, 1.54) is 42.7 Å². The highest BCUT2D eigenvalue weighted by molar-refractivity contribution is 6.40. The Kier molecular flexibility index (Phi) is 5.11. The van der Waals surface area contributed by atoms with E-state index in [9.17, 15) is 19.5 Å². The van der Waals surface area contributed by atoms with Crippen molar-refractivity contribution in [3.8, 4) is 5.75 Å². The van der Waals surface area contributed by atoms with Gasteiger partial charge in [0, 0.05) is 23.0 Å². The molecule has 0 aliphatic rings. The number of rotatable bonds is 2. The van der Waals surface area contributed by atoms with Crippen molar-refractivity contribution in [3.05, 3.63) is 53.3 Å². The molecule has 0 saturated carbocycles. The molecular formula is C14H11ClN4O4. The summed E-state index contributed by atoms with van der Waals surface area (Å²) < 4.78 is 0. The minimum absolute atomic E-state index is 0.0295. The summed E-state index contributed by atoms with van der Waals surface area (Å²) in [5, 5.41) is 12.0. The molecule has 1 aromatic carbocycles. The molecular weight excluding hydrogens is 324 g/mol. The number of hydrazine groups is 1. The monoisotopic (exact) mass is 334 g/mol. The Labute approximate surface area is 135 Å². The van der Waals surface area contributed by atoms with Crippen molar-refractivity contribution in [2.24, 2.45) is 0 Å². The molecule has 118 valence electrons. The van der Waals surface area contributed by atoms with Gasteiger partial charge >= 0.3 is 11.8 Å². The van der Waals surface area contributed by atoms with Crippen LogP contribution in [0.2, 0.25) is 5.02 Å². The van der Waals surface area contributed by atoms with E-state index in [0.29, 0.717) is 0 Å². The Morgan fingerprint density at radius 2 is 1.70 bits per heavy atom. The first kappa shape index (κ1) is 16.2. The van der Waals surface area contributed by atoms with E-state index in [1.807, 2.05) is 5.43 Å². The lowest BCUT2D eigenvalue weighted by Crippen LogP contribution is -2.46. The number of carbonyl (C=O) groups excluding carboxylic acids is 3. The van der Waals surface area contributed by atoms with Crippen LogP contribution in [0.5, 0.6) is 5.75 Å². The van der Waals surface area contributed by atoms with E-state index >= 15 is 0 Å². The minimum atomic E-state index is -1.12. The van der Waals surface area contributed by atoms with Gasteiger partial charge in [0.2, 0.25) is 0 Å². The number of anilines is 1. The number of halogens is 1. The Morgan fingerprint density at radius 1 is 1.00 bits per heavy atom. The predicted octanol–water partition coefficient (Wildman–Crippen LogP) is 0.840. The number of phenols is 1. The predicted molar refractivity (Wildman–Crippen MR) is 81.6 cm³/mol. The van der Waals surface area contributed by atoms with Gasteiger partial charge in [0.15, 0.2) is 0 Å². The van der Waals surface area contributed by atoms with Crippen molar-refractivity contribution in [1.82, 2.24) is 15.8 Å². The zero-order valence-corrected chi connectivity index (χ0v) is 12.3. The summed E-state index contributed by atoms with van der Waals surface area (Å²) in [6.45, 7) is 0. The normalized spacial score (nSPS) is 9.78. The number of pyridine rings is 1. The summed E-state index contributed by atoms with van der Waals surface area (Å²) in [6.07, 6.45) is 2.82. The van der Waals surface area contributed by atoms with Gasteiger partial charge in [-0.15, -0.1) is 0 Å². The van der Waals surface area contributed by atoms with Gasteiger partial charge in [-0.3, -0.25) is 30.2 Å². The second kappa shape index (κ2) is 7.23. The van der Waals surface area contributed by atoms with Crippen LogP contribution in [0.3, 0.4) is 0 Å². The summed E-state index contributed by atoms with van der Waals surface area (Å²) >= 11 is 5.73. The summed E-state index contributed by atoms with van der Waals surface area (Å²) in [4.78, 5) is 38.7. The highest BCUT2D eigenvalue weighted by Crippen LogP contribution is 2.26. The van der Waals surface area contributed by atoms with E-state index < -0.39 is 17.7 Å². The molecule has 0 fully saturated rings. The fraction of sp³-hybridized carbons (Fsp3) is 0. The number of aromatic nitrogens is 1. The number of hydrogen-bond donors (Lipinski definition) is 4. The van der Waals surface area contributed by atoms with Gasteiger partial charge < -0.3 is 10.4 Å². The summed E-state index contributed by atoms with van der Waals surface area (Å²) in [6, 6.07) is 6.83. The Bertz CT molecular complexity index is 752. The number of carbonyl (C=O) groups is 3. The first-order valence-corrected chi connectivity index (χ1v) is 6.65. The van der Waals surface area contributed by atoms with Crippen LogP contribution in [0.25, 0.3) is 0 Å². The summed E-state index contributed by atoms with van der Waals surface area (Å²) in [7, 11) is 0. The van der Waals surface area contributed by atoms with E-state index in [-0.39, 0.29) is 22.0 Å². The van der Waals surface area contributed by atoms with Crippen molar-refractivity contribution < 1.29 is 19.5 Å². The summed E-state index contributed by atoms with van der Waals surface area (Å²) in [5.74, 6) is -3.07. The molecule has 9 heteroatoms. The van der Waals surface area contributed by atoms with Gasteiger partial charge in [0.05, 0.1) is 5.69 Å². The van der Waals surface area contributed by atoms with Crippen molar-refractivity contribution in [1.29, 1.82) is 0 Å². The Balaban J connectivity index is 1.92. The van der Waals surface area contributed by atoms with Crippen LogP contribution in [0, 0.1) is 0 Å². The van der Waals surface area contributed by atoms with E-state index in [2.05, 4.69) is 15.7 Å². The maximum atomic E-state index is 11.7. The molecule has 0 atom stereocenters. The molecule has 1 heterocycles. The number of nitrogens with one attached hydrogen (secondary N) is 3. The van der Waals surface area contributed by atoms with Crippen molar-refractivity contribution in [2.45, 2.75) is 0 Å². The topological polar surface area (TPSA) is 120 Å². The van der Waals surface area contributed by atoms with Crippen LogP contribution in [0.1, 0.15) is 10.4 Å². The Morgan fingerprint density at radius 3 is 2.39 bits per heavy atom.